The lowest BCUT2D eigenvalue weighted by molar-refractivity contribution is 0.0730. The molecule has 2 rings (SSSR count). The summed E-state index contributed by atoms with van der Waals surface area (Å²) in [6.07, 6.45) is 4.62. The van der Waals surface area contributed by atoms with E-state index in [-0.39, 0.29) is 0 Å². The first-order chi connectivity index (χ1) is 11.6. The van der Waals surface area contributed by atoms with E-state index in [2.05, 4.69) is 18.7 Å². The van der Waals surface area contributed by atoms with Crippen molar-refractivity contribution in [1.29, 1.82) is 0 Å². The lowest BCUT2D eigenvalue weighted by Gasteiger charge is -2.27. The average molecular weight is 355 g/mol. The van der Waals surface area contributed by atoms with Crippen LogP contribution in [0.25, 0.3) is 0 Å². The van der Waals surface area contributed by atoms with E-state index in [0.717, 1.165) is 44.5 Å². The predicted molar refractivity (Wildman–Crippen MR) is 98.0 cm³/mol. The Kier molecular flexibility index (Phi) is 7.52. The SMILES string of the molecule is CCCCN(CCCC)c1ccc(S(=O)(=O)N2CCOCC2)cc1. The van der Waals surface area contributed by atoms with Crippen molar-refractivity contribution in [2.45, 2.75) is 44.4 Å². The van der Waals surface area contributed by atoms with Crippen LogP contribution in [-0.4, -0.2) is 52.1 Å². The highest BCUT2D eigenvalue weighted by Gasteiger charge is 2.26. The van der Waals surface area contributed by atoms with E-state index < -0.39 is 10.0 Å². The number of unbranched alkanes of at least 4 members (excludes halogenated alkanes) is 2. The van der Waals surface area contributed by atoms with Gasteiger partial charge >= 0.3 is 0 Å². The maximum atomic E-state index is 12.7. The molecule has 0 radical (unpaired) electrons. The van der Waals surface area contributed by atoms with Crippen molar-refractivity contribution in [1.82, 2.24) is 4.31 Å². The zero-order valence-electron chi connectivity index (χ0n) is 14.9. The fourth-order valence-electron chi connectivity index (χ4n) is 2.83. The molecule has 0 amide bonds. The summed E-state index contributed by atoms with van der Waals surface area (Å²) in [6, 6.07) is 7.37. The van der Waals surface area contributed by atoms with Crippen molar-refractivity contribution in [2.24, 2.45) is 0 Å². The standard InChI is InChI=1S/C18H30N2O3S/c1-3-5-11-19(12-6-4-2)17-7-9-18(10-8-17)24(21,22)20-13-15-23-16-14-20/h7-10H,3-6,11-16H2,1-2H3. The third-order valence-corrected chi connectivity index (χ3v) is 6.29. The molecule has 1 saturated heterocycles. The Hall–Kier alpha value is -1.11. The lowest BCUT2D eigenvalue weighted by atomic mass is 10.2. The van der Waals surface area contributed by atoms with Crippen LogP contribution >= 0.6 is 0 Å². The molecule has 0 bridgehead atoms. The maximum absolute atomic E-state index is 12.7. The summed E-state index contributed by atoms with van der Waals surface area (Å²) in [6.45, 7) is 8.23. The molecule has 0 N–H and O–H groups in total. The monoisotopic (exact) mass is 354 g/mol. The summed E-state index contributed by atoms with van der Waals surface area (Å²) in [4.78, 5) is 2.73. The molecule has 0 aliphatic carbocycles. The second kappa shape index (κ2) is 9.39. The quantitative estimate of drug-likeness (QED) is 0.684. The predicted octanol–water partition coefficient (Wildman–Crippen LogP) is 3.11. The molecule has 1 aromatic carbocycles. The summed E-state index contributed by atoms with van der Waals surface area (Å²) in [5.41, 5.74) is 1.11. The third kappa shape index (κ3) is 4.94. The molecular weight excluding hydrogens is 324 g/mol. The second-order valence-corrected chi connectivity index (χ2v) is 8.14. The van der Waals surface area contributed by atoms with Gasteiger partial charge in [-0.3, -0.25) is 0 Å². The van der Waals surface area contributed by atoms with Gasteiger partial charge in [-0.05, 0) is 37.1 Å². The zero-order chi connectivity index (χ0) is 17.4. The van der Waals surface area contributed by atoms with Crippen molar-refractivity contribution in [3.63, 3.8) is 0 Å². The molecule has 0 spiro atoms. The van der Waals surface area contributed by atoms with Crippen LogP contribution in [0.3, 0.4) is 0 Å². The Bertz CT molecular complexity index is 573. The number of hydrogen-bond acceptors (Lipinski definition) is 4. The lowest BCUT2D eigenvalue weighted by Crippen LogP contribution is -2.40. The van der Waals surface area contributed by atoms with Crippen LogP contribution in [0.5, 0.6) is 0 Å². The van der Waals surface area contributed by atoms with Gasteiger partial charge in [0.05, 0.1) is 18.1 Å². The Morgan fingerprint density at radius 3 is 2.04 bits per heavy atom. The molecule has 0 atom stereocenters. The number of anilines is 1. The summed E-state index contributed by atoms with van der Waals surface area (Å²) in [5, 5.41) is 0. The highest BCUT2D eigenvalue weighted by Crippen LogP contribution is 2.22. The molecule has 5 nitrogen and oxygen atoms in total. The first-order valence-electron chi connectivity index (χ1n) is 9.02. The van der Waals surface area contributed by atoms with E-state index >= 15 is 0 Å². The number of benzene rings is 1. The number of hydrogen-bond donors (Lipinski definition) is 0. The third-order valence-electron chi connectivity index (χ3n) is 4.37. The minimum atomic E-state index is -3.40. The normalized spacial score (nSPS) is 16.2. The molecule has 0 aromatic heterocycles. The van der Waals surface area contributed by atoms with Crippen molar-refractivity contribution in [3.8, 4) is 0 Å². The average Bonchev–Trinajstić information content (AvgIpc) is 2.63. The molecule has 1 heterocycles. The van der Waals surface area contributed by atoms with Crippen LogP contribution in [0.4, 0.5) is 5.69 Å². The summed E-state index contributed by atoms with van der Waals surface area (Å²) < 4.78 is 32.1. The Labute approximate surface area is 146 Å². The van der Waals surface area contributed by atoms with Gasteiger partial charge in [0.15, 0.2) is 0 Å². The minimum absolute atomic E-state index is 0.374. The van der Waals surface area contributed by atoms with Gasteiger partial charge in [0.1, 0.15) is 0 Å². The van der Waals surface area contributed by atoms with Crippen LogP contribution in [-0.2, 0) is 14.8 Å². The molecule has 0 unspecified atom stereocenters. The fourth-order valence-corrected chi connectivity index (χ4v) is 4.24. The molecule has 1 aliphatic rings. The zero-order valence-corrected chi connectivity index (χ0v) is 15.7. The number of nitrogens with zero attached hydrogens (tertiary/aromatic N) is 2. The highest BCUT2D eigenvalue weighted by molar-refractivity contribution is 7.89. The van der Waals surface area contributed by atoms with Crippen LogP contribution < -0.4 is 4.90 Å². The number of ether oxygens (including phenoxy) is 1. The summed E-state index contributed by atoms with van der Waals surface area (Å²) in [5.74, 6) is 0. The van der Waals surface area contributed by atoms with Gasteiger partial charge in [-0.15, -0.1) is 0 Å². The molecule has 24 heavy (non-hydrogen) atoms. The van der Waals surface area contributed by atoms with Crippen LogP contribution in [0.2, 0.25) is 0 Å². The van der Waals surface area contributed by atoms with Crippen molar-refractivity contribution < 1.29 is 13.2 Å². The fraction of sp³-hybridized carbons (Fsp3) is 0.667. The molecule has 1 fully saturated rings. The van der Waals surface area contributed by atoms with Crippen LogP contribution in [0.1, 0.15) is 39.5 Å². The van der Waals surface area contributed by atoms with Crippen molar-refractivity contribution in [3.05, 3.63) is 24.3 Å². The molecule has 6 heteroatoms. The molecule has 0 saturated carbocycles. The maximum Gasteiger partial charge on any atom is 0.243 e. The van der Waals surface area contributed by atoms with Gasteiger partial charge in [-0.25, -0.2) is 8.42 Å². The second-order valence-electron chi connectivity index (χ2n) is 6.20. The van der Waals surface area contributed by atoms with Gasteiger partial charge < -0.3 is 9.64 Å². The van der Waals surface area contributed by atoms with E-state index in [0.29, 0.717) is 31.2 Å². The van der Waals surface area contributed by atoms with E-state index in [1.165, 1.54) is 4.31 Å². The van der Waals surface area contributed by atoms with Crippen molar-refractivity contribution in [2.75, 3.05) is 44.3 Å². The van der Waals surface area contributed by atoms with Gasteiger partial charge in [0.2, 0.25) is 10.0 Å². The van der Waals surface area contributed by atoms with E-state index in [1.54, 1.807) is 12.1 Å². The highest BCUT2D eigenvalue weighted by atomic mass is 32.2. The molecule has 136 valence electrons. The Balaban J connectivity index is 2.12. The number of sulfonamides is 1. The van der Waals surface area contributed by atoms with Gasteiger partial charge in [-0.2, -0.15) is 4.31 Å². The Morgan fingerprint density at radius 2 is 1.54 bits per heavy atom. The molecular formula is C18H30N2O3S. The van der Waals surface area contributed by atoms with Crippen LogP contribution in [0, 0.1) is 0 Å². The minimum Gasteiger partial charge on any atom is -0.379 e. The number of rotatable bonds is 9. The first kappa shape index (κ1) is 19.2. The first-order valence-corrected chi connectivity index (χ1v) is 10.5. The van der Waals surface area contributed by atoms with E-state index in [1.807, 2.05) is 12.1 Å². The van der Waals surface area contributed by atoms with Gasteiger partial charge in [0, 0.05) is 31.9 Å². The Morgan fingerprint density at radius 1 is 1.00 bits per heavy atom. The van der Waals surface area contributed by atoms with E-state index in [4.69, 9.17) is 4.74 Å². The summed E-state index contributed by atoms with van der Waals surface area (Å²) >= 11 is 0. The van der Waals surface area contributed by atoms with Crippen molar-refractivity contribution >= 4 is 15.7 Å². The number of morpholine rings is 1. The smallest absolute Gasteiger partial charge is 0.243 e. The van der Waals surface area contributed by atoms with Gasteiger partial charge in [0.25, 0.3) is 0 Å². The largest absolute Gasteiger partial charge is 0.379 e. The molecule has 1 aliphatic heterocycles. The topological polar surface area (TPSA) is 49.9 Å². The van der Waals surface area contributed by atoms with Crippen LogP contribution in [0.15, 0.2) is 29.2 Å². The van der Waals surface area contributed by atoms with E-state index in [9.17, 15) is 8.42 Å². The summed E-state index contributed by atoms with van der Waals surface area (Å²) in [7, 11) is -3.40. The van der Waals surface area contributed by atoms with Gasteiger partial charge in [-0.1, -0.05) is 26.7 Å². The molecule has 1 aromatic rings.